The normalized spacial score (nSPS) is 12.1. The van der Waals surface area contributed by atoms with Crippen LogP contribution in [-0.4, -0.2) is 31.9 Å². The summed E-state index contributed by atoms with van der Waals surface area (Å²) in [6.45, 7) is 4.74. The van der Waals surface area contributed by atoms with E-state index in [-0.39, 0.29) is 11.6 Å². The minimum absolute atomic E-state index is 0.0934. The molecule has 0 aliphatic heterocycles. The highest BCUT2D eigenvalue weighted by atomic mass is 16.4. The van der Waals surface area contributed by atoms with Gasteiger partial charge in [-0.2, -0.15) is 5.10 Å². The van der Waals surface area contributed by atoms with Gasteiger partial charge in [0.15, 0.2) is 0 Å². The summed E-state index contributed by atoms with van der Waals surface area (Å²) in [6.07, 6.45) is 5.32. The lowest BCUT2D eigenvalue weighted by Crippen LogP contribution is -2.23. The van der Waals surface area contributed by atoms with Gasteiger partial charge in [-0.25, -0.2) is 9.78 Å². The van der Waals surface area contributed by atoms with E-state index in [9.17, 15) is 9.90 Å². The van der Waals surface area contributed by atoms with Crippen LogP contribution in [0.2, 0.25) is 0 Å². The Balaban J connectivity index is 2.12. The Morgan fingerprint density at radius 1 is 1.48 bits per heavy atom. The first-order valence-corrected chi connectivity index (χ1v) is 7.06. The number of rotatable bonds is 7. The Morgan fingerprint density at radius 3 is 2.90 bits per heavy atom. The SMILES string of the molecule is CCCc1cc(C(=O)O)cc(NC(C)Cn2cccn2)n1. The summed E-state index contributed by atoms with van der Waals surface area (Å²) in [4.78, 5) is 15.7. The molecule has 2 rings (SSSR count). The molecule has 2 N–H and O–H groups in total. The third-order valence-electron chi connectivity index (χ3n) is 3.05. The van der Waals surface area contributed by atoms with Crippen LogP contribution in [0.15, 0.2) is 30.6 Å². The molecule has 2 aromatic rings. The Hall–Kier alpha value is -2.37. The van der Waals surface area contributed by atoms with Crippen molar-refractivity contribution < 1.29 is 9.90 Å². The molecule has 0 fully saturated rings. The fourth-order valence-electron chi connectivity index (χ4n) is 2.16. The van der Waals surface area contributed by atoms with Crippen molar-refractivity contribution in [2.24, 2.45) is 0 Å². The number of carboxylic acid groups (broad SMARTS) is 1. The summed E-state index contributed by atoms with van der Waals surface area (Å²) in [7, 11) is 0. The van der Waals surface area contributed by atoms with E-state index < -0.39 is 5.97 Å². The maximum atomic E-state index is 11.2. The predicted molar refractivity (Wildman–Crippen MR) is 80.5 cm³/mol. The number of aromatic nitrogens is 3. The first-order chi connectivity index (χ1) is 10.1. The van der Waals surface area contributed by atoms with E-state index in [4.69, 9.17) is 0 Å². The molecule has 0 saturated carbocycles. The fraction of sp³-hybridized carbons (Fsp3) is 0.400. The van der Waals surface area contributed by atoms with Crippen molar-refractivity contribution in [3.8, 4) is 0 Å². The molecule has 0 amide bonds. The molecule has 6 nitrogen and oxygen atoms in total. The number of hydrogen-bond donors (Lipinski definition) is 2. The Labute approximate surface area is 123 Å². The number of carbonyl (C=O) groups is 1. The molecular weight excluding hydrogens is 268 g/mol. The molecule has 0 bridgehead atoms. The number of nitrogens with zero attached hydrogens (tertiary/aromatic N) is 3. The molecule has 2 aromatic heterocycles. The summed E-state index contributed by atoms with van der Waals surface area (Å²) in [5.74, 6) is -0.337. The predicted octanol–water partition coefficient (Wildman–Crippen LogP) is 2.43. The molecule has 0 spiro atoms. The summed E-state index contributed by atoms with van der Waals surface area (Å²) in [5.41, 5.74) is 1.06. The molecule has 1 unspecified atom stereocenters. The zero-order valence-electron chi connectivity index (χ0n) is 12.3. The lowest BCUT2D eigenvalue weighted by atomic mass is 10.1. The van der Waals surface area contributed by atoms with Gasteiger partial charge in [-0.15, -0.1) is 0 Å². The first-order valence-electron chi connectivity index (χ1n) is 7.06. The van der Waals surface area contributed by atoms with Crippen LogP contribution in [0.25, 0.3) is 0 Å². The Bertz CT molecular complexity index is 596. The third-order valence-corrected chi connectivity index (χ3v) is 3.05. The molecular formula is C15H20N4O2. The standard InChI is InChI=1S/C15H20N4O2/c1-3-5-13-8-12(15(20)21)9-14(18-13)17-11(2)10-19-7-4-6-16-19/h4,6-9,11H,3,5,10H2,1-2H3,(H,17,18)(H,20,21). The zero-order chi connectivity index (χ0) is 15.2. The molecule has 21 heavy (non-hydrogen) atoms. The van der Waals surface area contributed by atoms with E-state index in [0.29, 0.717) is 12.4 Å². The van der Waals surface area contributed by atoms with Crippen LogP contribution in [0, 0.1) is 0 Å². The number of nitrogens with one attached hydrogen (secondary N) is 1. The van der Waals surface area contributed by atoms with E-state index in [2.05, 4.69) is 15.4 Å². The highest BCUT2D eigenvalue weighted by Crippen LogP contribution is 2.13. The first kappa shape index (κ1) is 15.0. The summed E-state index contributed by atoms with van der Waals surface area (Å²) < 4.78 is 1.83. The monoisotopic (exact) mass is 288 g/mol. The van der Waals surface area contributed by atoms with Crippen LogP contribution >= 0.6 is 0 Å². The van der Waals surface area contributed by atoms with Gasteiger partial charge in [0.05, 0.1) is 12.1 Å². The second-order valence-corrected chi connectivity index (χ2v) is 5.06. The van der Waals surface area contributed by atoms with Gasteiger partial charge >= 0.3 is 5.97 Å². The van der Waals surface area contributed by atoms with Crippen molar-refractivity contribution in [2.75, 3.05) is 5.32 Å². The summed E-state index contributed by atoms with van der Waals surface area (Å²) >= 11 is 0. The Morgan fingerprint density at radius 2 is 2.29 bits per heavy atom. The Kier molecular flexibility index (Phi) is 4.92. The minimum atomic E-state index is -0.933. The van der Waals surface area contributed by atoms with Gasteiger partial charge in [0.2, 0.25) is 0 Å². The highest BCUT2D eigenvalue weighted by Gasteiger charge is 2.10. The lowest BCUT2D eigenvalue weighted by Gasteiger charge is -2.16. The van der Waals surface area contributed by atoms with Crippen LogP contribution in [0.1, 0.15) is 36.3 Å². The molecule has 0 radical (unpaired) electrons. The van der Waals surface area contributed by atoms with Gasteiger partial charge in [-0.3, -0.25) is 4.68 Å². The van der Waals surface area contributed by atoms with Gasteiger partial charge in [-0.05, 0) is 31.5 Å². The van der Waals surface area contributed by atoms with Crippen LogP contribution in [0.3, 0.4) is 0 Å². The number of anilines is 1. The lowest BCUT2D eigenvalue weighted by molar-refractivity contribution is 0.0696. The number of aryl methyl sites for hydroxylation is 1. The van der Waals surface area contributed by atoms with Crippen molar-refractivity contribution in [1.82, 2.24) is 14.8 Å². The molecule has 0 saturated heterocycles. The van der Waals surface area contributed by atoms with Crippen molar-refractivity contribution in [1.29, 1.82) is 0 Å². The van der Waals surface area contributed by atoms with Crippen molar-refractivity contribution in [2.45, 2.75) is 39.3 Å². The summed E-state index contributed by atoms with van der Waals surface area (Å²) in [5, 5.41) is 16.6. The molecule has 0 aliphatic carbocycles. The van der Waals surface area contributed by atoms with Gasteiger partial charge in [0.25, 0.3) is 0 Å². The van der Waals surface area contributed by atoms with E-state index in [1.54, 1.807) is 18.3 Å². The average molecular weight is 288 g/mol. The van der Waals surface area contributed by atoms with Gasteiger partial charge in [0, 0.05) is 24.1 Å². The quantitative estimate of drug-likeness (QED) is 0.818. The van der Waals surface area contributed by atoms with Crippen molar-refractivity contribution in [3.63, 3.8) is 0 Å². The maximum absolute atomic E-state index is 11.2. The highest BCUT2D eigenvalue weighted by molar-refractivity contribution is 5.88. The second-order valence-electron chi connectivity index (χ2n) is 5.06. The second kappa shape index (κ2) is 6.88. The molecule has 2 heterocycles. The molecule has 6 heteroatoms. The maximum Gasteiger partial charge on any atom is 0.335 e. The number of aromatic carboxylic acids is 1. The van der Waals surface area contributed by atoms with Crippen LogP contribution in [-0.2, 0) is 13.0 Å². The van der Waals surface area contributed by atoms with Gasteiger partial charge in [-0.1, -0.05) is 13.3 Å². The third kappa shape index (κ3) is 4.30. The fourth-order valence-corrected chi connectivity index (χ4v) is 2.16. The van der Waals surface area contributed by atoms with Crippen LogP contribution < -0.4 is 5.32 Å². The van der Waals surface area contributed by atoms with E-state index in [1.165, 1.54) is 0 Å². The van der Waals surface area contributed by atoms with Crippen LogP contribution in [0.5, 0.6) is 0 Å². The average Bonchev–Trinajstić information content (AvgIpc) is 2.91. The van der Waals surface area contributed by atoms with E-state index in [0.717, 1.165) is 18.5 Å². The molecule has 1 atom stereocenters. The van der Waals surface area contributed by atoms with Gasteiger partial charge in [0.1, 0.15) is 5.82 Å². The minimum Gasteiger partial charge on any atom is -0.478 e. The van der Waals surface area contributed by atoms with Crippen molar-refractivity contribution in [3.05, 3.63) is 41.9 Å². The number of pyridine rings is 1. The molecule has 112 valence electrons. The van der Waals surface area contributed by atoms with Crippen LogP contribution in [0.4, 0.5) is 5.82 Å². The smallest absolute Gasteiger partial charge is 0.335 e. The van der Waals surface area contributed by atoms with E-state index in [1.807, 2.05) is 30.8 Å². The van der Waals surface area contributed by atoms with E-state index >= 15 is 0 Å². The van der Waals surface area contributed by atoms with Gasteiger partial charge < -0.3 is 10.4 Å². The van der Waals surface area contributed by atoms with Crippen molar-refractivity contribution >= 4 is 11.8 Å². The molecule has 0 aromatic carbocycles. The summed E-state index contributed by atoms with van der Waals surface area (Å²) in [6, 6.07) is 5.17. The number of carboxylic acids is 1. The largest absolute Gasteiger partial charge is 0.478 e. The topological polar surface area (TPSA) is 80.0 Å². The number of hydrogen-bond acceptors (Lipinski definition) is 4. The molecule has 0 aliphatic rings. The zero-order valence-corrected chi connectivity index (χ0v) is 12.3.